The third-order valence-electron chi connectivity index (χ3n) is 12.2. The number of aliphatic hydroxyl groups excluding tert-OH is 6. The largest absolute Gasteiger partial charge is 0.472 e. The van der Waals surface area contributed by atoms with Gasteiger partial charge in [0, 0.05) is 31.1 Å². The summed E-state index contributed by atoms with van der Waals surface area (Å²) < 4.78 is 52.2. The molecular formula is C45H82O19P2. The SMILES string of the molecule is CCCCCCCCCCCCCCCC(=O)O[C@@H]1COC(=O)CCCCCC[C@H]2C(=O)C[C@@H](O)[C@H](/C=C/[C@@H](O)CCCCC)[C@@H](O)[C@@H](OP(=O)(O)O)[C@@H](OP(=O)(O)OC1)[C@H](O)[C@@H](O)[C@@H]2O. The van der Waals surface area contributed by atoms with E-state index in [0.29, 0.717) is 32.1 Å². The van der Waals surface area contributed by atoms with E-state index in [9.17, 15) is 68.8 Å². The molecule has 0 radical (unpaired) electrons. The Morgan fingerprint density at radius 1 is 0.788 bits per heavy atom. The maximum absolute atomic E-state index is 13.8. The molecule has 19 nitrogen and oxygen atoms in total. The molecule has 9 N–H and O–H groups in total. The number of hydrogen-bond acceptors (Lipinski definition) is 16. The summed E-state index contributed by atoms with van der Waals surface area (Å²) in [5.74, 6) is -5.47. The summed E-state index contributed by atoms with van der Waals surface area (Å²) in [6.45, 7) is 2.57. The second-order valence-electron chi connectivity index (χ2n) is 18.0. The lowest BCUT2D eigenvalue weighted by molar-refractivity contribution is -0.165. The summed E-state index contributed by atoms with van der Waals surface area (Å²) >= 11 is 0. The first kappa shape index (κ1) is 60.5. The number of hydrogen-bond donors (Lipinski definition) is 9. The highest BCUT2D eigenvalue weighted by Gasteiger charge is 2.51. The maximum Gasteiger partial charge on any atom is 0.472 e. The molecule has 2 fully saturated rings. The quantitative estimate of drug-likeness (QED) is 0.0254. The maximum atomic E-state index is 13.8. The lowest BCUT2D eigenvalue weighted by atomic mass is 9.83. The minimum atomic E-state index is -5.77. The molecule has 12 atom stereocenters. The van der Waals surface area contributed by atoms with Crippen molar-refractivity contribution < 1.29 is 91.9 Å². The van der Waals surface area contributed by atoms with Gasteiger partial charge in [0.1, 0.15) is 36.8 Å². The van der Waals surface area contributed by atoms with Crippen LogP contribution in [-0.4, -0.2) is 131 Å². The molecule has 1 heterocycles. The van der Waals surface area contributed by atoms with Crippen LogP contribution >= 0.6 is 15.6 Å². The number of esters is 2. The first-order valence-electron chi connectivity index (χ1n) is 24.3. The van der Waals surface area contributed by atoms with Crippen molar-refractivity contribution in [3.8, 4) is 0 Å². The number of phosphoric acid groups is 2. The fourth-order valence-electron chi connectivity index (χ4n) is 8.34. The summed E-state index contributed by atoms with van der Waals surface area (Å²) in [6.07, 6.45) is -0.242. The number of phosphoric ester groups is 2. The molecule has 0 aromatic rings. The van der Waals surface area contributed by atoms with Gasteiger partial charge in [0.25, 0.3) is 0 Å². The van der Waals surface area contributed by atoms with E-state index in [1.54, 1.807) is 0 Å². The van der Waals surface area contributed by atoms with Crippen LogP contribution in [-0.2, 0) is 46.6 Å². The summed E-state index contributed by atoms with van der Waals surface area (Å²) in [4.78, 5) is 70.5. The number of Topliss-reactive ketones (excluding diaryl/α,β-unsaturated/α-hetero) is 1. The van der Waals surface area contributed by atoms with E-state index in [2.05, 4.69) is 6.92 Å². The molecule has 2 rings (SSSR count). The van der Waals surface area contributed by atoms with Gasteiger partial charge in [-0.25, -0.2) is 9.13 Å². The molecule has 2 aliphatic rings. The highest BCUT2D eigenvalue weighted by Crippen LogP contribution is 2.49. The number of ether oxygens (including phenoxy) is 2. The lowest BCUT2D eigenvalue weighted by Crippen LogP contribution is -2.56. The minimum absolute atomic E-state index is 0.0238. The number of fused-ring (bicyclic) bond motifs is 4. The van der Waals surface area contributed by atoms with Crippen molar-refractivity contribution in [1.29, 1.82) is 0 Å². The first-order chi connectivity index (χ1) is 31.3. The number of cyclic esters (lactones) is 1. The standard InChI is InChI=1S/C45H82O19P2/c1-3-5-7-8-9-10-11-12-13-14-15-16-22-26-39(50)62-33-30-60-38(49)25-21-18-17-20-24-34-36(47)29-37(48)35(28-27-32(46)23-19-6-4-2)41(52)44(63-65(55,56)57)45(43(54)42(53)40(34)51)64-66(58,59)61-31-33/h27-28,32-35,37,40-46,48,51-54H,3-26,29-31H2,1-2H3,(H,58,59)(H2,55,56,57)/b28-27+/t32-,33+,34-,35-,37+,40+,41+,42-,43+,44+,45-/m0/s1. The van der Waals surface area contributed by atoms with E-state index in [1.807, 2.05) is 6.92 Å². The monoisotopic (exact) mass is 988 g/mol. The van der Waals surface area contributed by atoms with Crippen LogP contribution in [0.3, 0.4) is 0 Å². The zero-order valence-corrected chi connectivity index (χ0v) is 40.9. The van der Waals surface area contributed by atoms with Crippen LogP contribution in [0.4, 0.5) is 0 Å². The lowest BCUT2D eigenvalue weighted by Gasteiger charge is -2.38. The minimum Gasteiger partial charge on any atom is -0.462 e. The molecule has 386 valence electrons. The Kier molecular flexibility index (Phi) is 30.2. The van der Waals surface area contributed by atoms with E-state index < -0.39 is 120 Å². The predicted octanol–water partition coefficient (Wildman–Crippen LogP) is 5.76. The Labute approximate surface area is 390 Å². The van der Waals surface area contributed by atoms with Crippen molar-refractivity contribution in [1.82, 2.24) is 0 Å². The molecule has 1 saturated carbocycles. The van der Waals surface area contributed by atoms with Crippen molar-refractivity contribution in [2.24, 2.45) is 11.8 Å². The molecule has 0 aromatic heterocycles. The Morgan fingerprint density at radius 3 is 1.97 bits per heavy atom. The fraction of sp³-hybridized carbons (Fsp3) is 0.889. The second-order valence-corrected chi connectivity index (χ2v) is 20.6. The molecule has 66 heavy (non-hydrogen) atoms. The highest BCUT2D eigenvalue weighted by atomic mass is 31.2. The number of unbranched alkanes of at least 4 members (excludes halogenated alkanes) is 14. The van der Waals surface area contributed by atoms with Gasteiger partial charge in [0.05, 0.1) is 31.0 Å². The van der Waals surface area contributed by atoms with Crippen LogP contribution in [0.1, 0.15) is 174 Å². The van der Waals surface area contributed by atoms with Crippen molar-refractivity contribution in [3.63, 3.8) is 0 Å². The van der Waals surface area contributed by atoms with Crippen LogP contribution in [0.25, 0.3) is 0 Å². The molecule has 1 aliphatic carbocycles. The molecule has 0 aromatic carbocycles. The molecule has 1 saturated heterocycles. The Morgan fingerprint density at radius 2 is 1.36 bits per heavy atom. The Bertz CT molecular complexity index is 1490. The first-order valence-corrected chi connectivity index (χ1v) is 27.4. The van der Waals surface area contributed by atoms with E-state index in [-0.39, 0.29) is 32.1 Å². The van der Waals surface area contributed by atoms with Crippen molar-refractivity contribution >= 4 is 33.4 Å². The van der Waals surface area contributed by atoms with Gasteiger partial charge in [-0.3, -0.25) is 28.0 Å². The molecule has 2 bridgehead atoms. The summed E-state index contributed by atoms with van der Waals surface area (Å²) in [6, 6.07) is 0. The van der Waals surface area contributed by atoms with Gasteiger partial charge in [0.2, 0.25) is 0 Å². The van der Waals surface area contributed by atoms with Gasteiger partial charge in [-0.05, 0) is 25.7 Å². The van der Waals surface area contributed by atoms with E-state index in [0.717, 1.165) is 51.0 Å². The van der Waals surface area contributed by atoms with Crippen LogP contribution in [0, 0.1) is 11.8 Å². The number of rotatable bonds is 23. The van der Waals surface area contributed by atoms with Gasteiger partial charge < -0.3 is 54.8 Å². The molecule has 1 aliphatic heterocycles. The predicted molar refractivity (Wildman–Crippen MR) is 242 cm³/mol. The van der Waals surface area contributed by atoms with Crippen LogP contribution in [0.2, 0.25) is 0 Å². The molecule has 0 spiro atoms. The number of carbonyl (C=O) groups is 3. The average molecular weight is 989 g/mol. The summed E-state index contributed by atoms with van der Waals surface area (Å²) in [7, 11) is -11.5. The smallest absolute Gasteiger partial charge is 0.462 e. The van der Waals surface area contributed by atoms with Crippen LogP contribution in [0.15, 0.2) is 12.2 Å². The second kappa shape index (κ2) is 33.0. The number of carbonyl (C=O) groups excluding carboxylic acids is 3. The summed E-state index contributed by atoms with van der Waals surface area (Å²) in [5, 5.41) is 68.2. The zero-order valence-electron chi connectivity index (χ0n) is 39.1. The number of ketones is 1. The normalized spacial score (nSPS) is 31.1. The highest BCUT2D eigenvalue weighted by molar-refractivity contribution is 7.47. The molecule has 0 amide bonds. The Hall–Kier alpha value is -1.67. The topological polar surface area (TPSA) is 314 Å². The molecular weight excluding hydrogens is 906 g/mol. The van der Waals surface area contributed by atoms with Crippen molar-refractivity contribution in [2.75, 3.05) is 13.2 Å². The third-order valence-corrected chi connectivity index (χ3v) is 13.7. The molecule has 1 unspecified atom stereocenters. The average Bonchev–Trinajstić information content (AvgIpc) is 3.25. The Balaban J connectivity index is 2.39. The fourth-order valence-corrected chi connectivity index (χ4v) is 9.87. The van der Waals surface area contributed by atoms with Crippen molar-refractivity contribution in [3.05, 3.63) is 12.2 Å². The van der Waals surface area contributed by atoms with Gasteiger partial charge in [-0.2, -0.15) is 0 Å². The van der Waals surface area contributed by atoms with Crippen molar-refractivity contribution in [2.45, 2.75) is 229 Å². The molecule has 21 heteroatoms. The summed E-state index contributed by atoms with van der Waals surface area (Å²) in [5.41, 5.74) is 0. The van der Waals surface area contributed by atoms with E-state index in [4.69, 9.17) is 23.0 Å². The van der Waals surface area contributed by atoms with Crippen LogP contribution < -0.4 is 0 Å². The van der Waals surface area contributed by atoms with Gasteiger partial charge >= 0.3 is 27.6 Å². The van der Waals surface area contributed by atoms with E-state index >= 15 is 0 Å². The van der Waals surface area contributed by atoms with Gasteiger partial charge in [-0.15, -0.1) is 0 Å². The third kappa shape index (κ3) is 24.7. The number of aliphatic hydroxyl groups is 6. The van der Waals surface area contributed by atoms with Crippen LogP contribution in [0.5, 0.6) is 0 Å². The van der Waals surface area contributed by atoms with E-state index in [1.165, 1.54) is 51.0 Å². The van der Waals surface area contributed by atoms with Gasteiger partial charge in [0.15, 0.2) is 6.10 Å². The van der Waals surface area contributed by atoms with Gasteiger partial charge in [-0.1, -0.05) is 142 Å². The zero-order chi connectivity index (χ0) is 49.1.